The van der Waals surface area contributed by atoms with Crippen molar-refractivity contribution in [1.29, 1.82) is 0 Å². The summed E-state index contributed by atoms with van der Waals surface area (Å²) in [6.07, 6.45) is 15.6. The van der Waals surface area contributed by atoms with Crippen LogP contribution < -0.4 is 0 Å². The van der Waals surface area contributed by atoms with Gasteiger partial charge in [0.05, 0.1) is 0 Å². The van der Waals surface area contributed by atoms with Crippen LogP contribution in [-0.4, -0.2) is 12.1 Å². The largest absolute Gasteiger partial charge is 0.459 e. The average molecular weight is 361 g/mol. The number of rotatable bonds is 4. The Morgan fingerprint density at radius 1 is 0.923 bits per heavy atom. The zero-order valence-electron chi connectivity index (χ0n) is 17.5. The van der Waals surface area contributed by atoms with E-state index < -0.39 is 0 Å². The number of hydrogen-bond donors (Lipinski definition) is 0. The van der Waals surface area contributed by atoms with E-state index >= 15 is 0 Å². The minimum Gasteiger partial charge on any atom is -0.459 e. The summed E-state index contributed by atoms with van der Waals surface area (Å²) in [5.74, 6) is 4.35. The molecule has 0 radical (unpaired) electrons. The van der Waals surface area contributed by atoms with E-state index in [-0.39, 0.29) is 12.1 Å². The van der Waals surface area contributed by atoms with E-state index in [2.05, 4.69) is 33.8 Å². The highest BCUT2D eigenvalue weighted by molar-refractivity contribution is 5.82. The van der Waals surface area contributed by atoms with Gasteiger partial charge in [0.15, 0.2) is 0 Å². The molecule has 3 rings (SSSR count). The fourth-order valence-electron chi connectivity index (χ4n) is 6.21. The smallest absolute Gasteiger partial charge is 0.330 e. The van der Waals surface area contributed by atoms with Crippen molar-refractivity contribution in [2.45, 2.75) is 91.6 Å². The second kappa shape index (κ2) is 8.93. The zero-order chi connectivity index (χ0) is 18.7. The third-order valence-electron chi connectivity index (χ3n) is 7.86. The predicted octanol–water partition coefficient (Wildman–Crippen LogP) is 6.40. The summed E-state index contributed by atoms with van der Waals surface area (Å²) in [5.41, 5.74) is 0. The van der Waals surface area contributed by atoms with E-state index in [0.29, 0.717) is 29.6 Å². The summed E-state index contributed by atoms with van der Waals surface area (Å²) in [7, 11) is 0. The number of esters is 1. The van der Waals surface area contributed by atoms with Crippen LogP contribution in [0.5, 0.6) is 0 Å². The molecule has 0 aliphatic heterocycles. The Bertz CT molecular complexity index is 488. The molecule has 3 saturated carbocycles. The fraction of sp³-hybridized carbons (Fsp3) is 0.875. The minimum absolute atomic E-state index is 0.0846. The first kappa shape index (κ1) is 20.0. The van der Waals surface area contributed by atoms with Crippen LogP contribution in [0, 0.1) is 41.4 Å². The minimum atomic E-state index is -0.0846. The molecular weight excluding hydrogens is 320 g/mol. The van der Waals surface area contributed by atoms with Crippen molar-refractivity contribution in [2.75, 3.05) is 0 Å². The predicted molar refractivity (Wildman–Crippen MR) is 108 cm³/mol. The van der Waals surface area contributed by atoms with Crippen molar-refractivity contribution >= 4 is 5.97 Å². The number of allylic oxidation sites excluding steroid dienone is 1. The van der Waals surface area contributed by atoms with E-state index in [0.717, 1.165) is 11.8 Å². The maximum atomic E-state index is 12.7. The molecule has 3 aliphatic carbocycles. The summed E-state index contributed by atoms with van der Waals surface area (Å²) >= 11 is 0. The van der Waals surface area contributed by atoms with Crippen molar-refractivity contribution in [1.82, 2.24) is 0 Å². The highest BCUT2D eigenvalue weighted by Crippen LogP contribution is 2.50. The Morgan fingerprint density at radius 3 is 2.31 bits per heavy atom. The second-order valence-corrected chi connectivity index (χ2v) is 9.92. The van der Waals surface area contributed by atoms with Crippen LogP contribution in [-0.2, 0) is 9.53 Å². The van der Waals surface area contributed by atoms with E-state index in [1.54, 1.807) is 6.08 Å². The van der Waals surface area contributed by atoms with Crippen molar-refractivity contribution < 1.29 is 9.53 Å². The zero-order valence-corrected chi connectivity index (χ0v) is 17.5. The molecule has 3 fully saturated rings. The molecule has 0 amide bonds. The van der Waals surface area contributed by atoms with Crippen LogP contribution >= 0.6 is 0 Å². The Labute approximate surface area is 161 Å². The van der Waals surface area contributed by atoms with Crippen molar-refractivity contribution in [3.05, 3.63) is 12.2 Å². The molecule has 148 valence electrons. The van der Waals surface area contributed by atoms with Gasteiger partial charge in [0.1, 0.15) is 6.10 Å². The van der Waals surface area contributed by atoms with Gasteiger partial charge in [0, 0.05) is 12.0 Å². The van der Waals surface area contributed by atoms with Gasteiger partial charge < -0.3 is 4.74 Å². The lowest BCUT2D eigenvalue weighted by molar-refractivity contribution is -0.152. The van der Waals surface area contributed by atoms with E-state index in [9.17, 15) is 4.79 Å². The Hall–Kier alpha value is -0.790. The topological polar surface area (TPSA) is 26.3 Å². The Morgan fingerprint density at radius 2 is 1.62 bits per heavy atom. The SMILES string of the molecule is CC(C)C1CCC(C)C2CC[C@@H](C)C2C1OC(=O)/C=C/C1CCCCC1. The number of hydrogen-bond acceptors (Lipinski definition) is 2. The lowest BCUT2D eigenvalue weighted by Gasteiger charge is -2.36. The molecule has 6 atom stereocenters. The van der Waals surface area contributed by atoms with Crippen LogP contribution in [0.25, 0.3) is 0 Å². The average Bonchev–Trinajstić information content (AvgIpc) is 2.94. The molecule has 0 aromatic heterocycles. The van der Waals surface area contributed by atoms with Crippen molar-refractivity contribution in [3.8, 4) is 0 Å². The van der Waals surface area contributed by atoms with Gasteiger partial charge in [-0.1, -0.05) is 65.9 Å². The number of fused-ring (bicyclic) bond motifs is 1. The highest BCUT2D eigenvalue weighted by Gasteiger charge is 2.48. The van der Waals surface area contributed by atoms with Gasteiger partial charge in [-0.25, -0.2) is 4.79 Å². The van der Waals surface area contributed by atoms with Gasteiger partial charge in [-0.2, -0.15) is 0 Å². The number of carbonyl (C=O) groups is 1. The van der Waals surface area contributed by atoms with Crippen molar-refractivity contribution in [2.24, 2.45) is 41.4 Å². The van der Waals surface area contributed by atoms with E-state index in [4.69, 9.17) is 4.74 Å². The van der Waals surface area contributed by atoms with Gasteiger partial charge in [0.25, 0.3) is 0 Å². The molecule has 0 N–H and O–H groups in total. The van der Waals surface area contributed by atoms with E-state index in [1.807, 2.05) is 0 Å². The molecule has 0 saturated heterocycles. The molecule has 0 aromatic carbocycles. The molecule has 0 aromatic rings. The summed E-state index contributed by atoms with van der Waals surface area (Å²) < 4.78 is 6.24. The first-order valence-corrected chi connectivity index (χ1v) is 11.4. The summed E-state index contributed by atoms with van der Waals surface area (Å²) in [5, 5.41) is 0. The maximum absolute atomic E-state index is 12.7. The Kier molecular flexibility index (Phi) is 6.86. The molecule has 3 aliphatic rings. The quantitative estimate of drug-likeness (QED) is 0.428. The third kappa shape index (κ3) is 4.54. The number of carbonyl (C=O) groups excluding carboxylic acids is 1. The lowest BCUT2D eigenvalue weighted by Crippen LogP contribution is -2.39. The maximum Gasteiger partial charge on any atom is 0.330 e. The van der Waals surface area contributed by atoms with Crippen LogP contribution in [0.1, 0.15) is 85.5 Å². The molecule has 26 heavy (non-hydrogen) atoms. The molecule has 2 nitrogen and oxygen atoms in total. The lowest BCUT2D eigenvalue weighted by atomic mass is 9.76. The molecular formula is C24H40O2. The monoisotopic (exact) mass is 360 g/mol. The third-order valence-corrected chi connectivity index (χ3v) is 7.86. The van der Waals surface area contributed by atoms with Crippen LogP contribution in [0.3, 0.4) is 0 Å². The van der Waals surface area contributed by atoms with Crippen LogP contribution in [0.4, 0.5) is 0 Å². The standard InChI is InChI=1S/C24H40O2/c1-16(2)20-13-10-17(3)21-14-11-18(4)23(21)24(20)26-22(25)15-12-19-8-6-5-7-9-19/h12,15-21,23-24H,5-11,13-14H2,1-4H3/b15-12+/t17?,18-,20?,21?,23?,24?/m1/s1. The second-order valence-electron chi connectivity index (χ2n) is 9.92. The van der Waals surface area contributed by atoms with Gasteiger partial charge in [-0.15, -0.1) is 0 Å². The molecule has 0 bridgehead atoms. The van der Waals surface area contributed by atoms with Crippen molar-refractivity contribution in [3.63, 3.8) is 0 Å². The fourth-order valence-corrected chi connectivity index (χ4v) is 6.21. The van der Waals surface area contributed by atoms with Gasteiger partial charge in [-0.3, -0.25) is 0 Å². The van der Waals surface area contributed by atoms with Crippen LogP contribution in [0.2, 0.25) is 0 Å². The first-order chi connectivity index (χ1) is 12.5. The van der Waals surface area contributed by atoms with Gasteiger partial charge in [0.2, 0.25) is 0 Å². The normalized spacial score (nSPS) is 39.1. The van der Waals surface area contributed by atoms with Crippen LogP contribution in [0.15, 0.2) is 12.2 Å². The van der Waals surface area contributed by atoms with Gasteiger partial charge >= 0.3 is 5.97 Å². The highest BCUT2D eigenvalue weighted by atomic mass is 16.5. The molecule has 5 unspecified atom stereocenters. The van der Waals surface area contributed by atoms with E-state index in [1.165, 1.54) is 57.8 Å². The molecule has 0 heterocycles. The Balaban J connectivity index is 1.72. The first-order valence-electron chi connectivity index (χ1n) is 11.4. The molecule has 2 heteroatoms. The summed E-state index contributed by atoms with van der Waals surface area (Å²) in [6, 6.07) is 0. The van der Waals surface area contributed by atoms with Gasteiger partial charge in [-0.05, 0) is 61.2 Å². The summed E-state index contributed by atoms with van der Waals surface area (Å²) in [6.45, 7) is 9.45. The molecule has 0 spiro atoms. The summed E-state index contributed by atoms with van der Waals surface area (Å²) in [4.78, 5) is 12.7. The number of ether oxygens (including phenoxy) is 1.